The van der Waals surface area contributed by atoms with Crippen LogP contribution < -0.4 is 10.6 Å². The molecule has 0 aliphatic heterocycles. The van der Waals surface area contributed by atoms with E-state index in [-0.39, 0.29) is 10.8 Å². The summed E-state index contributed by atoms with van der Waals surface area (Å²) in [5, 5.41) is 13.5. The zero-order valence-electron chi connectivity index (χ0n) is 18.8. The van der Waals surface area contributed by atoms with Crippen molar-refractivity contribution in [1.29, 1.82) is 0 Å². The molecule has 0 aliphatic rings. The summed E-state index contributed by atoms with van der Waals surface area (Å²) in [6.45, 7) is 13.0. The van der Waals surface area contributed by atoms with Crippen LogP contribution in [0.1, 0.15) is 58.2 Å². The summed E-state index contributed by atoms with van der Waals surface area (Å²) >= 11 is 0. The predicted octanol–water partition coefficient (Wildman–Crippen LogP) is 6.37. The van der Waals surface area contributed by atoms with E-state index in [0.717, 1.165) is 16.8 Å². The topological polar surface area (TPSA) is 32.6 Å². The molecule has 3 aromatic carbocycles. The monoisotopic (exact) mass is 417 g/mol. The maximum atomic E-state index is 11.0. The number of aromatic hydroxyl groups is 1. The van der Waals surface area contributed by atoms with E-state index >= 15 is 0 Å². The van der Waals surface area contributed by atoms with Gasteiger partial charge in [-0.3, -0.25) is 4.99 Å². The molecule has 0 aliphatic carbocycles. The SMILES string of the molecule is CC(C)(C)c1cc(C=Nc2ccccc2Pc2ccccc2)c(O)c(C(C)(C)C)c1. The van der Waals surface area contributed by atoms with E-state index in [9.17, 15) is 5.11 Å². The maximum Gasteiger partial charge on any atom is 0.128 e. The average molecular weight is 418 g/mol. The zero-order valence-corrected chi connectivity index (χ0v) is 19.8. The fourth-order valence-corrected chi connectivity index (χ4v) is 4.39. The Morgan fingerprint density at radius 3 is 2.07 bits per heavy atom. The van der Waals surface area contributed by atoms with Crippen LogP contribution in [0.2, 0.25) is 0 Å². The first kappa shape index (κ1) is 22.2. The number of benzene rings is 3. The van der Waals surface area contributed by atoms with Crippen molar-refractivity contribution in [2.24, 2.45) is 4.99 Å². The Morgan fingerprint density at radius 1 is 0.800 bits per heavy atom. The van der Waals surface area contributed by atoms with Crippen LogP contribution in [-0.2, 0) is 10.8 Å². The van der Waals surface area contributed by atoms with Gasteiger partial charge >= 0.3 is 0 Å². The van der Waals surface area contributed by atoms with Gasteiger partial charge < -0.3 is 5.11 Å². The fraction of sp³-hybridized carbons (Fsp3) is 0.296. The van der Waals surface area contributed by atoms with Crippen molar-refractivity contribution in [3.8, 4) is 5.75 Å². The fourth-order valence-electron chi connectivity index (χ4n) is 3.27. The van der Waals surface area contributed by atoms with Crippen molar-refractivity contribution in [1.82, 2.24) is 0 Å². The van der Waals surface area contributed by atoms with Crippen LogP contribution in [0, 0.1) is 0 Å². The van der Waals surface area contributed by atoms with Gasteiger partial charge in [-0.25, -0.2) is 0 Å². The summed E-state index contributed by atoms with van der Waals surface area (Å²) in [6, 6.07) is 22.9. The van der Waals surface area contributed by atoms with Crippen molar-refractivity contribution in [2.75, 3.05) is 0 Å². The first-order valence-electron chi connectivity index (χ1n) is 10.4. The minimum absolute atomic E-state index is 0.0110. The van der Waals surface area contributed by atoms with Gasteiger partial charge in [0.25, 0.3) is 0 Å². The van der Waals surface area contributed by atoms with Crippen LogP contribution in [0.5, 0.6) is 5.75 Å². The number of aliphatic imine (C=N–C) groups is 1. The number of hydrogen-bond donors (Lipinski definition) is 1. The summed E-state index contributed by atoms with van der Waals surface area (Å²) < 4.78 is 0. The maximum absolute atomic E-state index is 11.0. The third kappa shape index (κ3) is 5.37. The molecule has 1 atom stereocenters. The number of nitrogens with zero attached hydrogens (tertiary/aromatic N) is 1. The van der Waals surface area contributed by atoms with Gasteiger partial charge in [-0.15, -0.1) is 0 Å². The number of rotatable bonds is 4. The number of phenols is 1. The lowest BCUT2D eigenvalue weighted by atomic mass is 9.79. The molecule has 0 heterocycles. The second-order valence-electron chi connectivity index (χ2n) is 9.73. The van der Waals surface area contributed by atoms with Gasteiger partial charge in [-0.1, -0.05) is 105 Å². The molecule has 0 fully saturated rings. The Bertz CT molecular complexity index is 1040. The molecule has 0 saturated carbocycles. The highest BCUT2D eigenvalue weighted by Crippen LogP contribution is 2.37. The van der Waals surface area contributed by atoms with E-state index < -0.39 is 0 Å². The van der Waals surface area contributed by atoms with E-state index in [2.05, 4.69) is 90.1 Å². The molecule has 3 rings (SSSR count). The van der Waals surface area contributed by atoms with Crippen molar-refractivity contribution < 1.29 is 5.11 Å². The molecule has 3 aromatic rings. The minimum atomic E-state index is -0.152. The highest BCUT2D eigenvalue weighted by molar-refractivity contribution is 7.55. The molecule has 0 aromatic heterocycles. The first-order chi connectivity index (χ1) is 14.1. The molecule has 0 radical (unpaired) electrons. The second-order valence-corrected chi connectivity index (χ2v) is 11.1. The first-order valence-corrected chi connectivity index (χ1v) is 11.4. The minimum Gasteiger partial charge on any atom is -0.507 e. The molecule has 0 bridgehead atoms. The van der Waals surface area contributed by atoms with Gasteiger partial charge in [0.15, 0.2) is 0 Å². The summed E-state index contributed by atoms with van der Waals surface area (Å²) in [7, 11) is 0.541. The summed E-state index contributed by atoms with van der Waals surface area (Å²) in [6.07, 6.45) is 1.81. The standard InChI is InChI=1S/C27H32NOP/c1-26(2,3)20-16-19(25(29)22(17-20)27(4,5)6)18-28-23-14-10-11-15-24(23)30-21-12-8-7-9-13-21/h7-18,29-30H,1-6H3. The Kier molecular flexibility index (Phi) is 6.48. The molecule has 1 N–H and O–H groups in total. The summed E-state index contributed by atoms with van der Waals surface area (Å²) in [5.74, 6) is 0.322. The van der Waals surface area contributed by atoms with E-state index in [1.165, 1.54) is 16.2 Å². The quantitative estimate of drug-likeness (QED) is 0.388. The normalized spacial score (nSPS) is 12.9. The molecule has 30 heavy (non-hydrogen) atoms. The lowest BCUT2D eigenvalue weighted by Gasteiger charge is -2.27. The van der Waals surface area contributed by atoms with Crippen LogP contribution in [-0.4, -0.2) is 11.3 Å². The molecule has 0 saturated heterocycles. The third-order valence-electron chi connectivity index (χ3n) is 5.11. The van der Waals surface area contributed by atoms with E-state index in [4.69, 9.17) is 4.99 Å². The van der Waals surface area contributed by atoms with Crippen LogP contribution >= 0.6 is 8.58 Å². The lowest BCUT2D eigenvalue weighted by molar-refractivity contribution is 0.444. The Labute approximate surface area is 182 Å². The molecule has 0 spiro atoms. The van der Waals surface area contributed by atoms with Crippen molar-refractivity contribution in [3.63, 3.8) is 0 Å². The molecule has 2 nitrogen and oxygen atoms in total. The highest BCUT2D eigenvalue weighted by atomic mass is 31.1. The van der Waals surface area contributed by atoms with E-state index in [0.29, 0.717) is 14.3 Å². The molecular formula is C27H32NOP. The third-order valence-corrected chi connectivity index (χ3v) is 6.43. The zero-order chi connectivity index (χ0) is 21.9. The van der Waals surface area contributed by atoms with Gasteiger partial charge in [0, 0.05) is 22.6 Å². The van der Waals surface area contributed by atoms with Crippen molar-refractivity contribution in [2.45, 2.75) is 52.4 Å². The van der Waals surface area contributed by atoms with Gasteiger partial charge in [0.05, 0.1) is 5.69 Å². The number of hydrogen-bond acceptors (Lipinski definition) is 2. The van der Waals surface area contributed by atoms with E-state index in [1.54, 1.807) is 0 Å². The van der Waals surface area contributed by atoms with Crippen LogP contribution in [0.15, 0.2) is 71.7 Å². The Balaban J connectivity index is 2.03. The van der Waals surface area contributed by atoms with Crippen LogP contribution in [0.25, 0.3) is 0 Å². The van der Waals surface area contributed by atoms with Crippen molar-refractivity contribution >= 4 is 31.1 Å². The smallest absolute Gasteiger partial charge is 0.128 e. The Hall–Kier alpha value is -2.44. The van der Waals surface area contributed by atoms with Crippen LogP contribution in [0.3, 0.4) is 0 Å². The average Bonchev–Trinajstić information content (AvgIpc) is 2.67. The summed E-state index contributed by atoms with van der Waals surface area (Å²) in [5.41, 5.74) is 3.70. The van der Waals surface area contributed by atoms with Gasteiger partial charge in [0.1, 0.15) is 5.75 Å². The Morgan fingerprint density at radius 2 is 1.43 bits per heavy atom. The van der Waals surface area contributed by atoms with E-state index in [1.807, 2.05) is 24.4 Å². The largest absolute Gasteiger partial charge is 0.507 e. The highest BCUT2D eigenvalue weighted by Gasteiger charge is 2.24. The van der Waals surface area contributed by atoms with Crippen molar-refractivity contribution in [3.05, 3.63) is 83.4 Å². The lowest BCUT2D eigenvalue weighted by Crippen LogP contribution is -2.17. The second kappa shape index (κ2) is 8.74. The molecule has 156 valence electrons. The van der Waals surface area contributed by atoms with Gasteiger partial charge in [-0.05, 0) is 33.8 Å². The van der Waals surface area contributed by atoms with Gasteiger partial charge in [0.2, 0.25) is 0 Å². The predicted molar refractivity (Wildman–Crippen MR) is 133 cm³/mol. The number of phenolic OH excluding ortho intramolecular Hbond substituents is 1. The summed E-state index contributed by atoms with van der Waals surface area (Å²) in [4.78, 5) is 4.80. The molecule has 3 heteroatoms. The molecule has 1 unspecified atom stereocenters. The van der Waals surface area contributed by atoms with Crippen LogP contribution in [0.4, 0.5) is 5.69 Å². The number of para-hydroxylation sites is 1. The van der Waals surface area contributed by atoms with Gasteiger partial charge in [-0.2, -0.15) is 0 Å². The molecule has 0 amide bonds. The molecular weight excluding hydrogens is 385 g/mol.